The first kappa shape index (κ1) is 12.0. The van der Waals surface area contributed by atoms with Crippen LogP contribution in [0.3, 0.4) is 0 Å². The minimum absolute atomic E-state index is 0.510. The van der Waals surface area contributed by atoms with Crippen molar-refractivity contribution < 1.29 is 9.53 Å². The van der Waals surface area contributed by atoms with E-state index < -0.39 is 0 Å². The summed E-state index contributed by atoms with van der Waals surface area (Å²) in [5, 5.41) is 0. The number of carbonyl (C=O) groups is 1. The predicted octanol–water partition coefficient (Wildman–Crippen LogP) is 1.97. The summed E-state index contributed by atoms with van der Waals surface area (Å²) in [5.74, 6) is 0. The molecular weight excluding hydrogens is 186 g/mol. The SMILES string of the molecule is COCCC=O.S=c1cccc[nH]1. The van der Waals surface area contributed by atoms with Crippen LogP contribution in [0.2, 0.25) is 0 Å². The van der Waals surface area contributed by atoms with E-state index in [1.807, 2.05) is 24.4 Å². The van der Waals surface area contributed by atoms with Gasteiger partial charge in [-0.15, -0.1) is 0 Å². The van der Waals surface area contributed by atoms with Crippen molar-refractivity contribution in [3.05, 3.63) is 29.0 Å². The molecule has 4 heteroatoms. The van der Waals surface area contributed by atoms with Gasteiger partial charge >= 0.3 is 0 Å². The lowest BCUT2D eigenvalue weighted by Gasteiger charge is -1.84. The number of aromatic amines is 1. The first-order chi connectivity index (χ1) is 6.31. The predicted molar refractivity (Wildman–Crippen MR) is 54.2 cm³/mol. The minimum atomic E-state index is 0.510. The molecule has 0 saturated heterocycles. The number of hydrogen-bond donors (Lipinski definition) is 1. The van der Waals surface area contributed by atoms with Crippen LogP contribution in [0.25, 0.3) is 0 Å². The number of carbonyl (C=O) groups excluding carboxylic acids is 1. The lowest BCUT2D eigenvalue weighted by molar-refractivity contribution is -0.108. The summed E-state index contributed by atoms with van der Waals surface area (Å²) >= 11 is 4.76. The molecule has 0 radical (unpaired) electrons. The minimum Gasteiger partial charge on any atom is -0.384 e. The van der Waals surface area contributed by atoms with Crippen molar-refractivity contribution in [2.45, 2.75) is 6.42 Å². The van der Waals surface area contributed by atoms with Crippen molar-refractivity contribution in [1.29, 1.82) is 0 Å². The third kappa shape index (κ3) is 8.91. The number of nitrogens with one attached hydrogen (secondary N) is 1. The normalized spacial score (nSPS) is 8.38. The summed E-state index contributed by atoms with van der Waals surface area (Å²) in [4.78, 5) is 12.3. The van der Waals surface area contributed by atoms with Gasteiger partial charge < -0.3 is 14.5 Å². The fraction of sp³-hybridized carbons (Fsp3) is 0.333. The van der Waals surface area contributed by atoms with Crippen LogP contribution in [0.15, 0.2) is 24.4 Å². The van der Waals surface area contributed by atoms with Gasteiger partial charge in [0.05, 0.1) is 6.61 Å². The zero-order valence-electron chi connectivity index (χ0n) is 7.53. The number of methoxy groups -OCH3 is 1. The molecule has 0 aromatic carbocycles. The summed E-state index contributed by atoms with van der Waals surface area (Å²) in [6, 6.07) is 5.64. The van der Waals surface area contributed by atoms with Crippen molar-refractivity contribution in [3.8, 4) is 0 Å². The van der Waals surface area contributed by atoms with E-state index in [4.69, 9.17) is 12.2 Å². The molecule has 13 heavy (non-hydrogen) atoms. The summed E-state index contributed by atoms with van der Waals surface area (Å²) in [6.07, 6.45) is 3.16. The van der Waals surface area contributed by atoms with Crippen LogP contribution in [0.4, 0.5) is 0 Å². The Balaban J connectivity index is 0.000000226. The van der Waals surface area contributed by atoms with Crippen LogP contribution in [0.1, 0.15) is 6.42 Å². The van der Waals surface area contributed by atoms with E-state index in [0.29, 0.717) is 13.0 Å². The van der Waals surface area contributed by atoms with Gasteiger partial charge in [0, 0.05) is 19.7 Å². The van der Waals surface area contributed by atoms with Crippen molar-refractivity contribution in [2.24, 2.45) is 0 Å². The number of ether oxygens (including phenoxy) is 1. The van der Waals surface area contributed by atoms with Gasteiger partial charge in [-0.3, -0.25) is 0 Å². The highest BCUT2D eigenvalue weighted by atomic mass is 32.1. The topological polar surface area (TPSA) is 42.1 Å². The fourth-order valence-electron chi connectivity index (χ4n) is 0.543. The number of rotatable bonds is 3. The van der Waals surface area contributed by atoms with E-state index in [1.54, 1.807) is 7.11 Å². The second-order valence-corrected chi connectivity index (χ2v) is 2.61. The maximum absolute atomic E-state index is 9.48. The average Bonchev–Trinajstić information content (AvgIpc) is 2.17. The molecule has 0 saturated carbocycles. The second-order valence-electron chi connectivity index (χ2n) is 2.17. The highest BCUT2D eigenvalue weighted by Gasteiger charge is 1.74. The van der Waals surface area contributed by atoms with Crippen molar-refractivity contribution >= 4 is 18.5 Å². The van der Waals surface area contributed by atoms with Gasteiger partial charge in [-0.05, 0) is 12.1 Å². The maximum Gasteiger partial charge on any atom is 0.122 e. The van der Waals surface area contributed by atoms with Crippen molar-refractivity contribution in [3.63, 3.8) is 0 Å². The molecule has 0 aliphatic carbocycles. The Morgan fingerprint density at radius 3 is 2.62 bits per heavy atom. The largest absolute Gasteiger partial charge is 0.384 e. The van der Waals surface area contributed by atoms with Crippen molar-refractivity contribution in [1.82, 2.24) is 4.98 Å². The number of hydrogen-bond acceptors (Lipinski definition) is 3. The van der Waals surface area contributed by atoms with Gasteiger partial charge in [-0.1, -0.05) is 18.3 Å². The Morgan fingerprint density at radius 2 is 2.38 bits per heavy atom. The number of aromatic nitrogens is 1. The quantitative estimate of drug-likeness (QED) is 0.459. The van der Waals surface area contributed by atoms with Gasteiger partial charge in [0.2, 0.25) is 0 Å². The maximum atomic E-state index is 9.48. The van der Waals surface area contributed by atoms with Gasteiger partial charge in [0.1, 0.15) is 10.9 Å². The molecule has 0 unspecified atom stereocenters. The smallest absolute Gasteiger partial charge is 0.122 e. The van der Waals surface area contributed by atoms with Crippen LogP contribution < -0.4 is 0 Å². The standard InChI is InChI=1S/C5H5NS.C4H8O2/c7-5-3-1-2-4-6-5;1-6-4-2-3-5/h1-4H,(H,6,7);3H,2,4H2,1H3. The Bertz CT molecular complexity index is 255. The highest BCUT2D eigenvalue weighted by Crippen LogP contribution is 1.80. The van der Waals surface area contributed by atoms with E-state index in [2.05, 4.69) is 9.72 Å². The average molecular weight is 199 g/mol. The third-order valence-electron chi connectivity index (χ3n) is 1.12. The lowest BCUT2D eigenvalue weighted by Crippen LogP contribution is -1.86. The summed E-state index contributed by atoms with van der Waals surface area (Å²) in [7, 11) is 1.57. The van der Waals surface area contributed by atoms with Gasteiger partial charge in [-0.2, -0.15) is 0 Å². The molecule has 0 amide bonds. The van der Waals surface area contributed by atoms with Crippen LogP contribution in [-0.4, -0.2) is 25.0 Å². The molecular formula is C9H13NO2S. The summed E-state index contributed by atoms with van der Waals surface area (Å²) < 4.78 is 5.33. The van der Waals surface area contributed by atoms with Crippen LogP contribution in [0.5, 0.6) is 0 Å². The Labute approximate surface area is 82.8 Å². The molecule has 0 atom stereocenters. The Kier molecular flexibility index (Phi) is 8.39. The van der Waals surface area contributed by atoms with E-state index in [-0.39, 0.29) is 0 Å². The van der Waals surface area contributed by atoms with E-state index in [1.165, 1.54) is 0 Å². The molecule has 1 aromatic heterocycles. The number of aldehydes is 1. The highest BCUT2D eigenvalue weighted by molar-refractivity contribution is 7.71. The van der Waals surface area contributed by atoms with Gasteiger partial charge in [-0.25, -0.2) is 0 Å². The molecule has 1 heterocycles. The molecule has 3 nitrogen and oxygen atoms in total. The zero-order chi connectivity index (χ0) is 9.94. The zero-order valence-corrected chi connectivity index (χ0v) is 8.34. The molecule has 0 bridgehead atoms. The lowest BCUT2D eigenvalue weighted by atomic mass is 10.5. The first-order valence-corrected chi connectivity index (χ1v) is 4.28. The monoisotopic (exact) mass is 199 g/mol. The van der Waals surface area contributed by atoms with E-state index >= 15 is 0 Å². The number of pyridine rings is 1. The van der Waals surface area contributed by atoms with E-state index in [0.717, 1.165) is 10.9 Å². The summed E-state index contributed by atoms with van der Waals surface area (Å²) in [5.41, 5.74) is 0. The van der Waals surface area contributed by atoms with Crippen LogP contribution in [-0.2, 0) is 9.53 Å². The second kappa shape index (κ2) is 9.09. The van der Waals surface area contributed by atoms with E-state index in [9.17, 15) is 4.79 Å². The molecule has 1 aromatic rings. The molecule has 0 fully saturated rings. The van der Waals surface area contributed by atoms with Gasteiger partial charge in [0.15, 0.2) is 0 Å². The molecule has 0 aliphatic heterocycles. The molecule has 1 N–H and O–H groups in total. The third-order valence-corrected chi connectivity index (χ3v) is 1.37. The van der Waals surface area contributed by atoms with Crippen LogP contribution in [0, 0.1) is 4.64 Å². The molecule has 0 spiro atoms. The molecule has 72 valence electrons. The summed E-state index contributed by atoms with van der Waals surface area (Å²) in [6.45, 7) is 0.545. The fourth-order valence-corrected chi connectivity index (χ4v) is 0.689. The Hall–Kier alpha value is -1.00. The molecule has 1 rings (SSSR count). The Morgan fingerprint density at radius 1 is 1.62 bits per heavy atom. The van der Waals surface area contributed by atoms with Crippen molar-refractivity contribution in [2.75, 3.05) is 13.7 Å². The molecule has 0 aliphatic rings. The van der Waals surface area contributed by atoms with Crippen LogP contribution >= 0.6 is 12.2 Å². The first-order valence-electron chi connectivity index (χ1n) is 3.87. The van der Waals surface area contributed by atoms with Gasteiger partial charge in [0.25, 0.3) is 0 Å². The number of H-pyrrole nitrogens is 1.